The Bertz CT molecular complexity index is 1390. The Kier molecular flexibility index (Phi) is 8.61. The third-order valence-electron chi connectivity index (χ3n) is 5.93. The van der Waals surface area contributed by atoms with Crippen molar-refractivity contribution < 1.29 is 29.3 Å². The van der Waals surface area contributed by atoms with Gasteiger partial charge in [0.05, 0.1) is 24.3 Å². The maximum atomic E-state index is 14.0. The van der Waals surface area contributed by atoms with Gasteiger partial charge >= 0.3 is 0 Å². The van der Waals surface area contributed by atoms with Crippen molar-refractivity contribution in [1.82, 2.24) is 20.2 Å². The fourth-order valence-corrected chi connectivity index (χ4v) is 3.92. The van der Waals surface area contributed by atoms with Gasteiger partial charge in [-0.25, -0.2) is 9.37 Å². The van der Waals surface area contributed by atoms with Crippen molar-refractivity contribution in [2.24, 2.45) is 7.05 Å². The number of nitrogens with one attached hydrogen (secondary N) is 2. The molecule has 3 rings (SSSR count). The minimum atomic E-state index is -0.829. The average Bonchev–Trinajstić information content (AvgIpc) is 2.86. The van der Waals surface area contributed by atoms with E-state index in [1.807, 2.05) is 0 Å². The van der Waals surface area contributed by atoms with Gasteiger partial charge < -0.3 is 30.5 Å². The van der Waals surface area contributed by atoms with Crippen molar-refractivity contribution in [2.75, 3.05) is 19.8 Å². The lowest BCUT2D eigenvalue weighted by molar-refractivity contribution is -0.123. The highest BCUT2D eigenvalue weighted by Gasteiger charge is 2.23. The van der Waals surface area contributed by atoms with Crippen molar-refractivity contribution in [3.05, 3.63) is 68.9 Å². The third-order valence-corrected chi connectivity index (χ3v) is 5.93. The maximum absolute atomic E-state index is 14.0. The third kappa shape index (κ3) is 6.49. The molecule has 2 heterocycles. The molecule has 0 radical (unpaired) electrons. The Morgan fingerprint density at radius 3 is 2.54 bits per heavy atom. The molecule has 10 nitrogen and oxygen atoms in total. The highest BCUT2D eigenvalue weighted by molar-refractivity contribution is 6.01. The highest BCUT2D eigenvalue weighted by Crippen LogP contribution is 2.26. The van der Waals surface area contributed by atoms with E-state index < -0.39 is 34.1 Å². The first-order chi connectivity index (χ1) is 17.5. The number of halogens is 1. The SMILES string of the molecule is Cn1c(=O)c(C(=O)NCCO)c(O)c2nc(Cc3ccc(F)cc3CCC(=O)NC(C)(C)CO)ccc21. The van der Waals surface area contributed by atoms with E-state index in [4.69, 9.17) is 5.11 Å². The van der Waals surface area contributed by atoms with Crippen LogP contribution in [-0.4, -0.2) is 62.0 Å². The number of hydrogen-bond acceptors (Lipinski definition) is 7. The highest BCUT2D eigenvalue weighted by atomic mass is 19.1. The molecule has 198 valence electrons. The van der Waals surface area contributed by atoms with Crippen LogP contribution >= 0.6 is 0 Å². The summed E-state index contributed by atoms with van der Waals surface area (Å²) in [6.45, 7) is 2.74. The van der Waals surface area contributed by atoms with Crippen LogP contribution in [0, 0.1) is 5.82 Å². The summed E-state index contributed by atoms with van der Waals surface area (Å²) in [5, 5.41) is 34.1. The Morgan fingerprint density at radius 1 is 1.14 bits per heavy atom. The van der Waals surface area contributed by atoms with Crippen molar-refractivity contribution in [2.45, 2.75) is 38.6 Å². The monoisotopic (exact) mass is 514 g/mol. The summed E-state index contributed by atoms with van der Waals surface area (Å²) < 4.78 is 15.2. The van der Waals surface area contributed by atoms with Crippen LogP contribution in [0.5, 0.6) is 5.75 Å². The molecule has 1 aromatic carbocycles. The topological polar surface area (TPSA) is 154 Å². The molecule has 0 saturated heterocycles. The number of aromatic hydroxyl groups is 1. The lowest BCUT2D eigenvalue weighted by Gasteiger charge is -2.23. The smallest absolute Gasteiger partial charge is 0.267 e. The zero-order valence-electron chi connectivity index (χ0n) is 21.0. The maximum Gasteiger partial charge on any atom is 0.267 e. The number of pyridine rings is 2. The number of fused-ring (bicyclic) bond motifs is 1. The van der Waals surface area contributed by atoms with Gasteiger partial charge in [-0.1, -0.05) is 6.07 Å². The van der Waals surface area contributed by atoms with E-state index in [9.17, 15) is 29.0 Å². The van der Waals surface area contributed by atoms with Gasteiger partial charge in [-0.3, -0.25) is 14.4 Å². The predicted molar refractivity (Wildman–Crippen MR) is 135 cm³/mol. The second-order valence-electron chi connectivity index (χ2n) is 9.42. The zero-order chi connectivity index (χ0) is 27.3. The normalized spacial score (nSPS) is 11.5. The Labute approximate surface area is 212 Å². The van der Waals surface area contributed by atoms with Crippen molar-refractivity contribution in [3.8, 4) is 5.75 Å². The molecule has 0 spiro atoms. The van der Waals surface area contributed by atoms with Crippen LogP contribution in [0.4, 0.5) is 4.39 Å². The summed E-state index contributed by atoms with van der Waals surface area (Å²) in [6.07, 6.45) is 0.576. The molecule has 37 heavy (non-hydrogen) atoms. The fraction of sp³-hybridized carbons (Fsp3) is 0.385. The van der Waals surface area contributed by atoms with Gasteiger partial charge in [0.25, 0.3) is 11.5 Å². The molecule has 0 unspecified atom stereocenters. The number of nitrogens with zero attached hydrogens (tertiary/aromatic N) is 2. The molecule has 11 heteroatoms. The molecule has 0 saturated carbocycles. The lowest BCUT2D eigenvalue weighted by atomic mass is 9.98. The van der Waals surface area contributed by atoms with Crippen LogP contribution in [-0.2, 0) is 24.7 Å². The summed E-state index contributed by atoms with van der Waals surface area (Å²) in [6, 6.07) is 7.52. The first-order valence-corrected chi connectivity index (χ1v) is 11.8. The van der Waals surface area contributed by atoms with Crippen LogP contribution in [0.2, 0.25) is 0 Å². The summed E-state index contributed by atoms with van der Waals surface area (Å²) in [5.74, 6) is -2.13. The molecule has 0 bridgehead atoms. The number of aryl methyl sites for hydroxylation is 2. The largest absolute Gasteiger partial charge is 0.505 e. The summed E-state index contributed by atoms with van der Waals surface area (Å²) in [7, 11) is 1.45. The second kappa shape index (κ2) is 11.5. The van der Waals surface area contributed by atoms with Gasteiger partial charge in [-0.05, 0) is 55.7 Å². The standard InChI is InChI=1S/C26H31FN4O6/c1-26(2,14-33)30-20(34)9-5-15-12-17(27)6-4-16(15)13-18-7-8-19-22(29-18)23(35)21(25(37)31(19)3)24(36)28-10-11-32/h4,6-8,12,32-33,35H,5,9-11,13-14H2,1-3H3,(H,28,36)(H,30,34). The van der Waals surface area contributed by atoms with Gasteiger partial charge in [0, 0.05) is 32.1 Å². The minimum Gasteiger partial charge on any atom is -0.505 e. The first kappa shape index (κ1) is 27.8. The molecule has 0 aliphatic heterocycles. The summed E-state index contributed by atoms with van der Waals surface area (Å²) in [5.41, 5.74) is 0.204. The number of benzene rings is 1. The molecule has 2 amide bonds. The number of carbonyl (C=O) groups is 2. The average molecular weight is 515 g/mol. The molecule has 3 aromatic rings. The number of hydrogen-bond donors (Lipinski definition) is 5. The number of aliphatic hydroxyl groups is 2. The Morgan fingerprint density at radius 2 is 1.86 bits per heavy atom. The van der Waals surface area contributed by atoms with E-state index in [0.29, 0.717) is 22.3 Å². The van der Waals surface area contributed by atoms with E-state index in [1.54, 1.807) is 32.0 Å². The van der Waals surface area contributed by atoms with Crippen LogP contribution in [0.1, 0.15) is 47.4 Å². The Balaban J connectivity index is 1.92. The van der Waals surface area contributed by atoms with Crippen LogP contribution in [0.3, 0.4) is 0 Å². The molecule has 0 fully saturated rings. The molecule has 0 aliphatic rings. The lowest BCUT2D eigenvalue weighted by Crippen LogP contribution is -2.46. The van der Waals surface area contributed by atoms with Gasteiger partial charge in [0.1, 0.15) is 16.9 Å². The van der Waals surface area contributed by atoms with Crippen LogP contribution in [0.25, 0.3) is 11.0 Å². The molecule has 0 aliphatic carbocycles. The second-order valence-corrected chi connectivity index (χ2v) is 9.42. The van der Waals surface area contributed by atoms with Crippen molar-refractivity contribution in [1.29, 1.82) is 0 Å². The molecule has 0 atom stereocenters. The number of carbonyl (C=O) groups excluding carboxylic acids is 2. The molecular formula is C26H31FN4O6. The van der Waals surface area contributed by atoms with Gasteiger partial charge in [0.15, 0.2) is 5.75 Å². The quantitative estimate of drug-likeness (QED) is 0.269. The van der Waals surface area contributed by atoms with Crippen molar-refractivity contribution >= 4 is 22.8 Å². The number of amides is 2. The summed E-state index contributed by atoms with van der Waals surface area (Å²) in [4.78, 5) is 41.9. The molecule has 2 aromatic heterocycles. The number of aromatic nitrogens is 2. The minimum absolute atomic E-state index is 0.0445. The van der Waals surface area contributed by atoms with Crippen LogP contribution in [0.15, 0.2) is 35.1 Å². The van der Waals surface area contributed by atoms with E-state index in [1.165, 1.54) is 23.7 Å². The number of rotatable bonds is 10. The zero-order valence-corrected chi connectivity index (χ0v) is 21.0. The van der Waals surface area contributed by atoms with E-state index in [-0.39, 0.29) is 50.4 Å². The van der Waals surface area contributed by atoms with E-state index in [2.05, 4.69) is 15.6 Å². The van der Waals surface area contributed by atoms with E-state index >= 15 is 0 Å². The fourth-order valence-electron chi connectivity index (χ4n) is 3.92. The molecular weight excluding hydrogens is 483 g/mol. The predicted octanol–water partition coefficient (Wildman–Crippen LogP) is 0.911. The van der Waals surface area contributed by atoms with E-state index in [0.717, 1.165) is 0 Å². The Hall–Kier alpha value is -3.83. The van der Waals surface area contributed by atoms with Gasteiger partial charge in [-0.15, -0.1) is 0 Å². The van der Waals surface area contributed by atoms with Crippen LogP contribution < -0.4 is 16.2 Å². The number of aliphatic hydroxyl groups excluding tert-OH is 2. The molecule has 5 N–H and O–H groups in total. The first-order valence-electron chi connectivity index (χ1n) is 11.8. The summed E-state index contributed by atoms with van der Waals surface area (Å²) >= 11 is 0. The van der Waals surface area contributed by atoms with Gasteiger partial charge in [-0.2, -0.15) is 0 Å². The van der Waals surface area contributed by atoms with Gasteiger partial charge in [0.2, 0.25) is 5.91 Å². The van der Waals surface area contributed by atoms with Crippen molar-refractivity contribution in [3.63, 3.8) is 0 Å².